The molecule has 0 aliphatic heterocycles. The van der Waals surface area contributed by atoms with Crippen LogP contribution < -0.4 is 5.43 Å². The minimum atomic E-state index is -0.664. The third-order valence-corrected chi connectivity index (χ3v) is 2.79. The summed E-state index contributed by atoms with van der Waals surface area (Å²) in [6.45, 7) is 0. The molecule has 1 heterocycles. The van der Waals surface area contributed by atoms with E-state index in [1.165, 1.54) is 6.07 Å². The van der Waals surface area contributed by atoms with Gasteiger partial charge >= 0.3 is 0 Å². The van der Waals surface area contributed by atoms with Crippen molar-refractivity contribution in [1.29, 1.82) is 0 Å². The molecule has 1 aromatic heterocycles. The first kappa shape index (κ1) is 9.40. The molecule has 0 spiro atoms. The maximum absolute atomic E-state index is 9.99. The van der Waals surface area contributed by atoms with Crippen molar-refractivity contribution in [2.75, 3.05) is 5.43 Å². The van der Waals surface area contributed by atoms with E-state index in [-0.39, 0.29) is 5.82 Å². The molecule has 0 aliphatic carbocycles. The van der Waals surface area contributed by atoms with Gasteiger partial charge in [0.25, 0.3) is 0 Å². The van der Waals surface area contributed by atoms with Crippen LogP contribution in [0.1, 0.15) is 0 Å². The number of pyridine rings is 1. The molecule has 1 aromatic rings. The van der Waals surface area contributed by atoms with Crippen molar-refractivity contribution in [3.05, 3.63) is 31.3 Å². The highest BCUT2D eigenvalue weighted by atomic mass is 79.9. The molecule has 1 rings (SSSR count). The fraction of sp³-hybridized carbons (Fsp3) is 0. The van der Waals surface area contributed by atoms with E-state index in [0.717, 1.165) is 4.47 Å². The lowest BCUT2D eigenvalue weighted by Crippen LogP contribution is -2.09. The monoisotopic (exact) mass is 295 g/mol. The molecule has 0 bridgehead atoms. The Labute approximate surface area is 84.6 Å². The third kappa shape index (κ3) is 2.42. The van der Waals surface area contributed by atoms with Gasteiger partial charge < -0.3 is 0 Å². The van der Waals surface area contributed by atoms with Crippen molar-refractivity contribution in [3.63, 3.8) is 0 Å². The van der Waals surface area contributed by atoms with Crippen molar-refractivity contribution < 1.29 is 5.03 Å². The van der Waals surface area contributed by atoms with Crippen molar-refractivity contribution >= 4 is 37.7 Å². The van der Waals surface area contributed by atoms with Crippen LogP contribution >= 0.6 is 31.9 Å². The number of hydrogen-bond acceptors (Lipinski definition) is 3. The largest absolute Gasteiger partial charge is 0.234 e. The first-order valence-electron chi connectivity index (χ1n) is 2.82. The van der Waals surface area contributed by atoms with Crippen molar-refractivity contribution in [1.82, 2.24) is 4.98 Å². The smallest absolute Gasteiger partial charge is 0.191 e. The normalized spacial score (nSPS) is 9.50. The Morgan fingerprint density at radius 2 is 2.17 bits per heavy atom. The first-order chi connectivity index (χ1) is 5.59. The van der Waals surface area contributed by atoms with Gasteiger partial charge in [-0.2, -0.15) is 0 Å². The van der Waals surface area contributed by atoms with Crippen LogP contribution in [0, 0.1) is 10.1 Å². The molecule has 0 amide bonds. The summed E-state index contributed by atoms with van der Waals surface area (Å²) in [7, 11) is 0. The van der Waals surface area contributed by atoms with Gasteiger partial charge in [-0.25, -0.2) is 15.1 Å². The van der Waals surface area contributed by atoms with E-state index in [2.05, 4.69) is 36.8 Å². The van der Waals surface area contributed by atoms with E-state index in [0.29, 0.717) is 4.60 Å². The molecular weight excluding hydrogens is 294 g/mol. The summed E-state index contributed by atoms with van der Waals surface area (Å²) in [4.78, 5) is 13.8. The molecule has 0 saturated carbocycles. The van der Waals surface area contributed by atoms with Crippen LogP contribution in [-0.4, -0.2) is 10.0 Å². The topological polar surface area (TPSA) is 68.1 Å². The number of nitrogens with zero attached hydrogens (tertiary/aromatic N) is 2. The van der Waals surface area contributed by atoms with Gasteiger partial charge in [-0.3, -0.25) is 0 Å². The number of nitrogens with one attached hydrogen (secondary N) is 1. The minimum Gasteiger partial charge on any atom is -0.234 e. The zero-order valence-electron chi connectivity index (χ0n) is 5.62. The van der Waals surface area contributed by atoms with Crippen LogP contribution in [0.5, 0.6) is 0 Å². The molecule has 0 aromatic carbocycles. The molecule has 0 atom stereocenters. The predicted molar refractivity (Wildman–Crippen MR) is 50.3 cm³/mol. The fourth-order valence-electron chi connectivity index (χ4n) is 0.573. The van der Waals surface area contributed by atoms with Crippen LogP contribution in [-0.2, 0) is 0 Å². The lowest BCUT2D eigenvalue weighted by atomic mass is 10.5. The molecule has 0 saturated heterocycles. The van der Waals surface area contributed by atoms with Gasteiger partial charge in [0.05, 0.1) is 4.47 Å². The van der Waals surface area contributed by atoms with Crippen LogP contribution in [0.2, 0.25) is 0 Å². The zero-order chi connectivity index (χ0) is 9.14. The number of anilines is 1. The summed E-state index contributed by atoms with van der Waals surface area (Å²) in [5.41, 5.74) is 1.93. The maximum atomic E-state index is 9.99. The Morgan fingerprint density at radius 3 is 2.67 bits per heavy atom. The number of nitro groups is 1. The SMILES string of the molecule is O=[N+]([O-])Nc1ccc(Br)c(Br)n1. The summed E-state index contributed by atoms with van der Waals surface area (Å²) in [5.74, 6) is 0.190. The second kappa shape index (κ2) is 3.81. The molecule has 0 radical (unpaired) electrons. The van der Waals surface area contributed by atoms with Gasteiger partial charge in [0.2, 0.25) is 0 Å². The predicted octanol–water partition coefficient (Wildman–Crippen LogP) is 2.21. The van der Waals surface area contributed by atoms with Crippen molar-refractivity contribution in [2.45, 2.75) is 0 Å². The lowest BCUT2D eigenvalue weighted by Gasteiger charge is -1.97. The summed E-state index contributed by atoms with van der Waals surface area (Å²) >= 11 is 6.30. The highest BCUT2D eigenvalue weighted by Gasteiger charge is 2.03. The van der Waals surface area contributed by atoms with Crippen molar-refractivity contribution in [2.24, 2.45) is 0 Å². The first-order valence-corrected chi connectivity index (χ1v) is 4.41. The third-order valence-electron chi connectivity index (χ3n) is 1.01. The van der Waals surface area contributed by atoms with Gasteiger partial charge in [0, 0.05) is 0 Å². The molecule has 0 unspecified atom stereocenters. The highest BCUT2D eigenvalue weighted by molar-refractivity contribution is 9.13. The van der Waals surface area contributed by atoms with Crippen LogP contribution in [0.15, 0.2) is 21.2 Å². The van der Waals surface area contributed by atoms with E-state index >= 15 is 0 Å². The minimum absolute atomic E-state index is 0.190. The van der Waals surface area contributed by atoms with E-state index in [1.54, 1.807) is 6.07 Å². The van der Waals surface area contributed by atoms with Crippen LogP contribution in [0.4, 0.5) is 5.82 Å². The zero-order valence-corrected chi connectivity index (χ0v) is 8.79. The Balaban J connectivity index is 2.89. The maximum Gasteiger partial charge on any atom is 0.191 e. The van der Waals surface area contributed by atoms with E-state index < -0.39 is 5.03 Å². The fourth-order valence-corrected chi connectivity index (χ4v) is 1.12. The summed E-state index contributed by atoms with van der Waals surface area (Å²) < 4.78 is 1.27. The average molecular weight is 297 g/mol. The average Bonchev–Trinajstić information content (AvgIpc) is 1.96. The number of hydrazine groups is 1. The molecule has 12 heavy (non-hydrogen) atoms. The van der Waals surface area contributed by atoms with Crippen molar-refractivity contribution in [3.8, 4) is 0 Å². The van der Waals surface area contributed by atoms with Gasteiger partial charge in [-0.05, 0) is 44.0 Å². The number of rotatable bonds is 2. The van der Waals surface area contributed by atoms with E-state index in [9.17, 15) is 10.1 Å². The Hall–Kier alpha value is -0.690. The molecule has 64 valence electrons. The number of hydrogen-bond donors (Lipinski definition) is 1. The molecule has 0 aliphatic rings. The summed E-state index contributed by atoms with van der Waals surface area (Å²) in [6, 6.07) is 3.15. The Morgan fingerprint density at radius 1 is 1.50 bits per heavy atom. The van der Waals surface area contributed by atoms with Gasteiger partial charge in [-0.1, -0.05) is 5.43 Å². The molecule has 1 N–H and O–H groups in total. The second-order valence-electron chi connectivity index (χ2n) is 1.84. The van der Waals surface area contributed by atoms with Gasteiger partial charge in [0.1, 0.15) is 4.60 Å². The number of halogens is 2. The summed E-state index contributed by atoms with van der Waals surface area (Å²) in [6.07, 6.45) is 0. The highest BCUT2D eigenvalue weighted by Crippen LogP contribution is 2.21. The molecule has 7 heteroatoms. The van der Waals surface area contributed by atoms with Crippen LogP contribution in [0.3, 0.4) is 0 Å². The lowest BCUT2D eigenvalue weighted by molar-refractivity contribution is -0.445. The standard InChI is InChI=1S/C5H3Br2N3O2/c6-3-1-2-4(8-5(3)7)9-10(11)12/h1-2H,(H,8,9). The number of aromatic nitrogens is 1. The van der Waals surface area contributed by atoms with Gasteiger partial charge in [-0.15, -0.1) is 0 Å². The van der Waals surface area contributed by atoms with Gasteiger partial charge in [0.15, 0.2) is 10.9 Å². The second-order valence-corrected chi connectivity index (χ2v) is 3.44. The quantitative estimate of drug-likeness (QED) is 0.516. The Bertz CT molecular complexity index is 318. The van der Waals surface area contributed by atoms with E-state index in [4.69, 9.17) is 0 Å². The summed E-state index contributed by atoms with van der Waals surface area (Å²) in [5, 5.41) is 9.33. The van der Waals surface area contributed by atoms with E-state index in [1.807, 2.05) is 5.43 Å². The van der Waals surface area contributed by atoms with Crippen LogP contribution in [0.25, 0.3) is 0 Å². The molecular formula is C5H3Br2N3O2. The Kier molecular flexibility index (Phi) is 2.99. The molecule has 0 fully saturated rings. The molecule has 5 nitrogen and oxygen atoms in total.